The van der Waals surface area contributed by atoms with Crippen molar-refractivity contribution in [3.63, 3.8) is 0 Å². The standard InChI is InChI=1S/C22H20ClFN4O3S2.2C21H16ClF4N5O3S2.5H2/c1-26(22-25-10-13-32-22)33(30,31)15-4-2-14(3-5-15)27-12-9-19(21(27)29)28-11-8-16-18(28)7-6-17(24)20(16)23;22-17-13-7-9-31(15(13)6-5-14(17)23)16-8-10-30(18(16)32)11-1-3-12(4-2-11)36(33,34)29-20-28-27-19(35-20)21(24,25)26;22-17-13-7-9-31(15(13)6-5-14(17)23)16-8-10-30(18(16)32)11-1-3-12(4-2-11)36(33,34)29-20-27-19(28-35-20)21(24,25)26;;;;;/h2-7,10,13,19H,8-9,11-12H2,1H3;1-6,16H,7-10H2,(H,28,29);1-6,16H,7-10H2,(H,27,28,29);5*1H/t19-;2*16-;;;;;/m000...../s1. The number of nitrogens with zero attached hydrogens (tertiary/aromatic N) is 12. The van der Waals surface area contributed by atoms with Crippen molar-refractivity contribution in [2.24, 2.45) is 0 Å². The maximum Gasteiger partial charge on any atom is 0.452 e. The molecule has 9 aromatic rings. The van der Waals surface area contributed by atoms with Gasteiger partial charge in [-0.2, -0.15) is 35.7 Å². The molecule has 3 atom stereocenters. The van der Waals surface area contributed by atoms with Crippen LogP contribution in [0.15, 0.2) is 135 Å². The predicted molar refractivity (Wildman–Crippen MR) is 389 cm³/mol. The van der Waals surface area contributed by atoms with Crippen molar-refractivity contribution in [2.45, 2.75) is 83.7 Å². The summed E-state index contributed by atoms with van der Waals surface area (Å²) in [6.45, 7) is 2.93. The Bertz CT molecular complexity index is 5040. The molecule has 6 aliphatic rings. The Balaban J connectivity index is 0.000000203. The zero-order chi connectivity index (χ0) is 75.0. The van der Waals surface area contributed by atoms with Crippen molar-refractivity contribution in [3.8, 4) is 0 Å². The number of hydrogen-bond donors (Lipinski definition) is 2. The van der Waals surface area contributed by atoms with Crippen LogP contribution in [-0.2, 0) is 76.1 Å². The van der Waals surface area contributed by atoms with Gasteiger partial charge in [0.15, 0.2) is 5.13 Å². The van der Waals surface area contributed by atoms with E-state index in [-0.39, 0.29) is 83.5 Å². The molecule has 0 radical (unpaired) electrons. The fourth-order valence-corrected chi connectivity index (χ4v) is 19.5. The second-order valence-electron chi connectivity index (χ2n) is 24.1. The highest BCUT2D eigenvalue weighted by atomic mass is 35.5. The number of carbonyl (C=O) groups excluding carboxylic acids is 3. The van der Waals surface area contributed by atoms with E-state index in [4.69, 9.17) is 34.8 Å². The summed E-state index contributed by atoms with van der Waals surface area (Å²) in [6.07, 6.45) is -4.71. The van der Waals surface area contributed by atoms with Gasteiger partial charge in [0, 0.05) is 111 Å². The minimum atomic E-state index is -4.79. The van der Waals surface area contributed by atoms with Crippen LogP contribution in [-0.4, -0.2) is 132 Å². The average molecular weight is 1640 g/mol. The number of rotatable bonds is 15. The first-order chi connectivity index (χ1) is 49.7. The number of nitrogens with one attached hydrogen (secondary N) is 2. The van der Waals surface area contributed by atoms with Crippen molar-refractivity contribution in [1.82, 2.24) is 24.5 Å². The van der Waals surface area contributed by atoms with Gasteiger partial charge in [-0.25, -0.2) is 47.7 Å². The van der Waals surface area contributed by atoms with E-state index in [2.05, 4.69) is 24.5 Å². The van der Waals surface area contributed by atoms with Gasteiger partial charge in [-0.1, -0.05) is 46.1 Å². The minimum Gasteiger partial charge on any atom is -0.359 e. The molecule has 0 aliphatic carbocycles. The zero-order valence-electron chi connectivity index (χ0n) is 53.8. The minimum absolute atomic E-state index is 0. The number of aromatic nitrogens is 5. The SMILES string of the molecule is CN(c1nccs1)S(=O)(=O)c1ccc(N2CC[C@H](N3CCc4c3ccc(F)c4Cl)C2=O)cc1.O=C1[C@@H](N2CCc3c2ccc(F)c3Cl)CCN1c1ccc(S(=O)(=O)Nc2nc(C(F)(F)F)ns2)cc1.O=C1[C@@H](N2CCc3c2ccc(F)c3Cl)CCN1c1ccc(S(=O)(=O)Nc2nnc(C(F)(F)F)s2)cc1.[HH].[HH].[HH].[HH].[HH]. The summed E-state index contributed by atoms with van der Waals surface area (Å²) < 4.78 is 202. The lowest BCUT2D eigenvalue weighted by atomic mass is 10.1. The molecule has 0 saturated carbocycles. The summed E-state index contributed by atoms with van der Waals surface area (Å²) in [5.74, 6) is -3.35. The molecule has 23 nitrogen and oxygen atoms in total. The first kappa shape index (κ1) is 74.6. The lowest BCUT2D eigenvalue weighted by Crippen LogP contribution is -2.41. The Morgan fingerprint density at radius 2 is 0.895 bits per heavy atom. The van der Waals surface area contributed by atoms with Crippen LogP contribution in [0.3, 0.4) is 0 Å². The molecular weight excluding hydrogens is 1580 g/mol. The number of alkyl halides is 6. The van der Waals surface area contributed by atoms with Gasteiger partial charge in [0.1, 0.15) is 35.6 Å². The molecule has 2 N–H and O–H groups in total. The van der Waals surface area contributed by atoms with Crippen LogP contribution >= 0.6 is 69.0 Å². The van der Waals surface area contributed by atoms with Crippen LogP contribution in [0.25, 0.3) is 0 Å². The molecule has 0 bridgehead atoms. The monoisotopic (exact) mass is 1640 g/mol. The fraction of sp³-hybridized carbons (Fsp3) is 0.281. The average Bonchev–Trinajstić information content (AvgIpc) is 1.63. The predicted octanol–water partition coefficient (Wildman–Crippen LogP) is 13.8. The van der Waals surface area contributed by atoms with E-state index in [9.17, 15) is 79.2 Å². The van der Waals surface area contributed by atoms with E-state index in [1.165, 1.54) is 107 Å². The smallest absolute Gasteiger partial charge is 0.359 e. The van der Waals surface area contributed by atoms with Crippen molar-refractivity contribution in [2.75, 3.05) is 89.5 Å². The number of carbonyl (C=O) groups is 3. The quantitative estimate of drug-likeness (QED) is 0.0903. The van der Waals surface area contributed by atoms with Crippen LogP contribution in [0.5, 0.6) is 0 Å². The highest BCUT2D eigenvalue weighted by molar-refractivity contribution is 7.93. The van der Waals surface area contributed by atoms with Gasteiger partial charge >= 0.3 is 12.4 Å². The molecule has 0 spiro atoms. The van der Waals surface area contributed by atoms with Crippen molar-refractivity contribution < 1.29 is 86.3 Å². The molecule has 6 aromatic carbocycles. The molecule has 9 heterocycles. The Morgan fingerprint density at radius 1 is 0.514 bits per heavy atom. The lowest BCUT2D eigenvalue weighted by Gasteiger charge is -2.26. The molecule has 3 saturated heterocycles. The summed E-state index contributed by atoms with van der Waals surface area (Å²) >= 11 is 19.9. The van der Waals surface area contributed by atoms with E-state index in [1.807, 2.05) is 24.1 Å². The van der Waals surface area contributed by atoms with Crippen LogP contribution in [0.4, 0.5) is 89.0 Å². The Labute approximate surface area is 627 Å². The molecule has 0 unspecified atom stereocenters. The van der Waals surface area contributed by atoms with Crippen molar-refractivity contribution in [3.05, 3.63) is 181 Å². The number of anilines is 9. The Hall–Kier alpha value is -8.63. The van der Waals surface area contributed by atoms with Gasteiger partial charge in [0.2, 0.25) is 38.8 Å². The molecule has 3 amide bonds. The second kappa shape index (κ2) is 28.9. The summed E-state index contributed by atoms with van der Waals surface area (Å²) in [6, 6.07) is 24.5. The van der Waals surface area contributed by atoms with E-state index in [0.29, 0.717) is 111 Å². The van der Waals surface area contributed by atoms with Crippen LogP contribution in [0.2, 0.25) is 15.1 Å². The van der Waals surface area contributed by atoms with Gasteiger partial charge < -0.3 is 29.4 Å². The molecule has 562 valence electrons. The molecular formula is C64H62Cl3F9N14O9S6. The highest BCUT2D eigenvalue weighted by Gasteiger charge is 2.44. The van der Waals surface area contributed by atoms with Crippen molar-refractivity contribution in [1.29, 1.82) is 0 Å². The van der Waals surface area contributed by atoms with E-state index >= 15 is 0 Å². The maximum atomic E-state index is 13.8. The van der Waals surface area contributed by atoms with Gasteiger partial charge in [-0.15, -0.1) is 21.5 Å². The summed E-state index contributed by atoms with van der Waals surface area (Å²) in [5, 5.41) is 6.20. The first-order valence-corrected chi connectivity index (χ1v) is 39.4. The zero-order valence-corrected chi connectivity index (χ0v) is 61.0. The molecule has 3 aromatic heterocycles. The third-order valence-electron chi connectivity index (χ3n) is 18.1. The van der Waals surface area contributed by atoms with Crippen LogP contribution in [0, 0.1) is 17.5 Å². The first-order valence-electron chi connectivity index (χ1n) is 31.4. The second-order valence-corrected chi connectivity index (χ2v) is 33.2. The molecule has 6 aliphatic heterocycles. The van der Waals surface area contributed by atoms with E-state index in [0.717, 1.165) is 26.9 Å². The number of halogens is 12. The van der Waals surface area contributed by atoms with Crippen molar-refractivity contribution >= 4 is 166 Å². The summed E-state index contributed by atoms with van der Waals surface area (Å²) in [7, 11) is -10.8. The molecule has 15 rings (SSSR count). The van der Waals surface area contributed by atoms with Gasteiger partial charge in [-0.05, 0) is 164 Å². The van der Waals surface area contributed by atoms with Gasteiger partial charge in [-0.3, -0.25) is 23.8 Å². The largest absolute Gasteiger partial charge is 0.452 e. The summed E-state index contributed by atoms with van der Waals surface area (Å²) in [4.78, 5) is 57.1. The highest BCUT2D eigenvalue weighted by Crippen LogP contribution is 2.44. The van der Waals surface area contributed by atoms with Crippen LogP contribution in [0.1, 0.15) is 53.9 Å². The number of thiazole rings is 1. The topological polar surface area (TPSA) is 265 Å². The number of fused-ring (bicyclic) bond motifs is 3. The fourth-order valence-electron chi connectivity index (χ4n) is 13.1. The summed E-state index contributed by atoms with van der Waals surface area (Å²) in [5.41, 5.74) is 5.89. The van der Waals surface area contributed by atoms with Gasteiger partial charge in [0.25, 0.3) is 30.1 Å². The normalized spacial score (nSPS) is 18.1. The maximum absolute atomic E-state index is 13.8. The van der Waals surface area contributed by atoms with Crippen LogP contribution < -0.4 is 43.1 Å². The van der Waals surface area contributed by atoms with E-state index < -0.39 is 93.1 Å². The van der Waals surface area contributed by atoms with E-state index in [1.54, 1.807) is 46.8 Å². The lowest BCUT2D eigenvalue weighted by molar-refractivity contribution is -0.144. The Morgan fingerprint density at radius 3 is 1.24 bits per heavy atom. The number of hydrogen-bond acceptors (Lipinski definition) is 20. The number of benzene rings is 6. The number of sulfonamides is 3. The Kier molecular flexibility index (Phi) is 20.6. The third kappa shape index (κ3) is 14.8. The molecule has 41 heteroatoms. The molecule has 3 fully saturated rings. The third-order valence-corrected chi connectivity index (χ3v) is 26.5. The number of amides is 3. The molecule has 105 heavy (non-hydrogen) atoms. The van der Waals surface area contributed by atoms with Gasteiger partial charge in [0.05, 0.1) is 29.8 Å².